The number of carbonyl (C=O) groups excluding carboxylic acids is 1. The fourth-order valence-corrected chi connectivity index (χ4v) is 1.36. The molecule has 1 amide bonds. The van der Waals surface area contributed by atoms with Crippen molar-refractivity contribution in [3.8, 4) is 11.8 Å². The maximum atomic E-state index is 11.2. The molecule has 1 N–H and O–H groups in total. The number of aromatic nitrogens is 1. The van der Waals surface area contributed by atoms with Gasteiger partial charge < -0.3 is 10.1 Å². The first-order valence-corrected chi connectivity index (χ1v) is 4.52. The van der Waals surface area contributed by atoms with Gasteiger partial charge in [0.15, 0.2) is 11.6 Å². The van der Waals surface area contributed by atoms with Crippen LogP contribution < -0.4 is 10.1 Å². The molecule has 1 atom stereocenters. The molecule has 1 aliphatic heterocycles. The topological polar surface area (TPSA) is 75.0 Å². The Morgan fingerprint density at radius 2 is 2.50 bits per heavy atom. The molecule has 14 heavy (non-hydrogen) atoms. The molecule has 0 fully saturated rings. The number of carbonyl (C=O) groups is 1. The summed E-state index contributed by atoms with van der Waals surface area (Å²) in [5.74, 6) is 0.241. The first-order chi connectivity index (χ1) is 6.70. The molecule has 0 radical (unpaired) electrons. The van der Waals surface area contributed by atoms with Crippen molar-refractivity contribution in [1.82, 2.24) is 4.98 Å². The van der Waals surface area contributed by atoms with Crippen molar-refractivity contribution in [3.05, 3.63) is 16.7 Å². The van der Waals surface area contributed by atoms with Crippen LogP contribution in [0.2, 0.25) is 0 Å². The van der Waals surface area contributed by atoms with Crippen molar-refractivity contribution in [2.45, 2.75) is 6.10 Å². The van der Waals surface area contributed by atoms with Gasteiger partial charge in [0.1, 0.15) is 6.07 Å². The fourth-order valence-electron chi connectivity index (χ4n) is 1.05. The molecule has 6 heteroatoms. The molecule has 1 aromatic rings. The Labute approximate surface area is 87.8 Å². The average molecular weight is 254 g/mol. The Bertz CT molecular complexity index is 441. The molecule has 5 nitrogen and oxygen atoms in total. The molecule has 70 valence electrons. The number of anilines is 1. The minimum absolute atomic E-state index is 0.338. The number of rotatable bonds is 0. The highest BCUT2D eigenvalue weighted by molar-refractivity contribution is 9.10. The first kappa shape index (κ1) is 8.97. The van der Waals surface area contributed by atoms with Gasteiger partial charge in [0, 0.05) is 10.7 Å². The van der Waals surface area contributed by atoms with Crippen molar-refractivity contribution >= 4 is 27.7 Å². The number of nitriles is 1. The van der Waals surface area contributed by atoms with Crippen LogP contribution >= 0.6 is 15.9 Å². The molecule has 0 saturated carbocycles. The summed E-state index contributed by atoms with van der Waals surface area (Å²) in [6, 6.07) is 3.38. The Morgan fingerprint density at radius 3 is 3.21 bits per heavy atom. The number of fused-ring (bicyclic) bond motifs is 1. The van der Waals surface area contributed by atoms with E-state index in [1.165, 1.54) is 6.20 Å². The van der Waals surface area contributed by atoms with Crippen LogP contribution in [0.25, 0.3) is 0 Å². The van der Waals surface area contributed by atoms with Crippen LogP contribution in [0.4, 0.5) is 5.82 Å². The van der Waals surface area contributed by atoms with Crippen molar-refractivity contribution < 1.29 is 9.53 Å². The molecule has 0 spiro atoms. The summed E-state index contributed by atoms with van der Waals surface area (Å²) in [7, 11) is 0. The van der Waals surface area contributed by atoms with E-state index < -0.39 is 12.0 Å². The van der Waals surface area contributed by atoms with Gasteiger partial charge in [-0.15, -0.1) is 0 Å². The third-order valence-corrected chi connectivity index (χ3v) is 2.09. The van der Waals surface area contributed by atoms with Crippen LogP contribution in [-0.2, 0) is 4.79 Å². The third-order valence-electron chi connectivity index (χ3n) is 1.66. The molecule has 0 aliphatic carbocycles. The Morgan fingerprint density at radius 1 is 1.71 bits per heavy atom. The zero-order chi connectivity index (χ0) is 10.1. The number of hydrogen-bond donors (Lipinski definition) is 1. The summed E-state index contributed by atoms with van der Waals surface area (Å²) in [5, 5.41) is 11.1. The molecule has 2 rings (SSSR count). The molecule has 2 heterocycles. The van der Waals surface area contributed by atoms with E-state index in [2.05, 4.69) is 26.2 Å². The van der Waals surface area contributed by atoms with Gasteiger partial charge >= 0.3 is 0 Å². The highest BCUT2D eigenvalue weighted by Gasteiger charge is 2.28. The summed E-state index contributed by atoms with van der Waals surface area (Å²) < 4.78 is 5.83. The molecule has 1 aromatic heterocycles. The lowest BCUT2D eigenvalue weighted by Gasteiger charge is -2.20. The van der Waals surface area contributed by atoms with Gasteiger partial charge in [0.2, 0.25) is 0 Å². The van der Waals surface area contributed by atoms with E-state index >= 15 is 0 Å². The van der Waals surface area contributed by atoms with Crippen molar-refractivity contribution in [2.24, 2.45) is 0 Å². The number of nitrogens with one attached hydrogen (secondary N) is 1. The molecule has 1 unspecified atom stereocenters. The Hall–Kier alpha value is -1.61. The number of nitrogens with zero attached hydrogens (tertiary/aromatic N) is 2. The summed E-state index contributed by atoms with van der Waals surface area (Å²) >= 11 is 3.21. The van der Waals surface area contributed by atoms with Crippen LogP contribution in [-0.4, -0.2) is 17.0 Å². The second-order valence-electron chi connectivity index (χ2n) is 2.62. The quantitative estimate of drug-likeness (QED) is 0.751. The lowest BCUT2D eigenvalue weighted by Crippen LogP contribution is -2.36. The average Bonchev–Trinajstić information content (AvgIpc) is 2.17. The first-order valence-electron chi connectivity index (χ1n) is 3.73. The van der Waals surface area contributed by atoms with E-state index in [-0.39, 0.29) is 0 Å². The molecular weight excluding hydrogens is 250 g/mol. The maximum absolute atomic E-state index is 11.2. The van der Waals surface area contributed by atoms with Gasteiger partial charge in [0.25, 0.3) is 12.0 Å². The van der Waals surface area contributed by atoms with E-state index in [1.807, 2.05) is 0 Å². The monoisotopic (exact) mass is 253 g/mol. The molecule has 0 aromatic carbocycles. The Balaban J connectivity index is 2.42. The van der Waals surface area contributed by atoms with Gasteiger partial charge in [-0.05, 0) is 22.0 Å². The summed E-state index contributed by atoms with van der Waals surface area (Å²) in [6.07, 6.45) is 0.438. The number of amides is 1. The van der Waals surface area contributed by atoms with Crippen LogP contribution in [0.3, 0.4) is 0 Å². The fraction of sp³-hybridized carbons (Fsp3) is 0.125. The van der Waals surface area contributed by atoms with Gasteiger partial charge in [-0.25, -0.2) is 4.98 Å². The highest BCUT2D eigenvalue weighted by Crippen LogP contribution is 2.29. The zero-order valence-electron chi connectivity index (χ0n) is 6.82. The van der Waals surface area contributed by atoms with E-state index in [0.29, 0.717) is 11.6 Å². The van der Waals surface area contributed by atoms with Crippen LogP contribution in [0, 0.1) is 11.3 Å². The van der Waals surface area contributed by atoms with E-state index in [9.17, 15) is 4.79 Å². The van der Waals surface area contributed by atoms with Crippen LogP contribution in [0.5, 0.6) is 5.75 Å². The predicted molar refractivity (Wildman–Crippen MR) is 50.6 cm³/mol. The largest absolute Gasteiger partial charge is 0.462 e. The smallest absolute Gasteiger partial charge is 0.281 e. The van der Waals surface area contributed by atoms with Crippen molar-refractivity contribution in [3.63, 3.8) is 0 Å². The highest BCUT2D eigenvalue weighted by atomic mass is 79.9. The van der Waals surface area contributed by atoms with Gasteiger partial charge in [0.05, 0.1) is 0 Å². The van der Waals surface area contributed by atoms with E-state index in [1.54, 1.807) is 12.1 Å². The van der Waals surface area contributed by atoms with Crippen molar-refractivity contribution in [2.75, 3.05) is 5.32 Å². The number of hydrogen-bond acceptors (Lipinski definition) is 4. The Kier molecular flexibility index (Phi) is 2.09. The van der Waals surface area contributed by atoms with Gasteiger partial charge in [-0.1, -0.05) is 0 Å². The number of halogens is 1. The summed E-state index contributed by atoms with van der Waals surface area (Å²) in [5.41, 5.74) is 0. The second kappa shape index (κ2) is 3.27. The van der Waals surface area contributed by atoms with Gasteiger partial charge in [-0.3, -0.25) is 4.79 Å². The lowest BCUT2D eigenvalue weighted by molar-refractivity contribution is -0.121. The second-order valence-corrected chi connectivity index (χ2v) is 3.53. The molecule has 0 saturated heterocycles. The minimum Gasteiger partial charge on any atom is -0.462 e. The number of ether oxygens (including phenoxy) is 1. The van der Waals surface area contributed by atoms with Crippen LogP contribution in [0.1, 0.15) is 0 Å². The molecule has 1 aliphatic rings. The zero-order valence-corrected chi connectivity index (χ0v) is 8.41. The molecular formula is C8H4BrN3O2. The third kappa shape index (κ3) is 1.42. The maximum Gasteiger partial charge on any atom is 0.281 e. The van der Waals surface area contributed by atoms with Gasteiger partial charge in [-0.2, -0.15) is 5.26 Å². The van der Waals surface area contributed by atoms with Crippen molar-refractivity contribution in [1.29, 1.82) is 5.26 Å². The SMILES string of the molecule is N#CC1Oc2cc(Br)cnc2NC1=O. The summed E-state index contributed by atoms with van der Waals surface area (Å²) in [4.78, 5) is 15.1. The lowest BCUT2D eigenvalue weighted by atomic mass is 10.3. The minimum atomic E-state index is -1.10. The molecule has 0 bridgehead atoms. The standard InChI is InChI=1S/C8H4BrN3O2/c9-4-1-5-7(11-3-4)12-8(13)6(2-10)14-5/h1,3,6H,(H,11,12,13). The van der Waals surface area contributed by atoms with Crippen LogP contribution in [0.15, 0.2) is 16.7 Å². The number of pyridine rings is 1. The van der Waals surface area contributed by atoms with E-state index in [4.69, 9.17) is 10.00 Å². The predicted octanol–water partition coefficient (Wildman–Crippen LogP) is 1.07. The normalized spacial score (nSPS) is 18.9. The van der Waals surface area contributed by atoms with E-state index in [0.717, 1.165) is 4.47 Å². The summed E-state index contributed by atoms with van der Waals surface area (Å²) in [6.45, 7) is 0.